The summed E-state index contributed by atoms with van der Waals surface area (Å²) >= 11 is 0. The molecule has 3 rings (SSSR count). The molecule has 31 heavy (non-hydrogen) atoms. The number of carbonyl (C=O) groups excluding carboxylic acids is 1. The molecule has 1 amide bonds. The third-order valence-electron chi connectivity index (χ3n) is 4.42. The summed E-state index contributed by atoms with van der Waals surface area (Å²) in [7, 11) is 0. The van der Waals surface area contributed by atoms with Crippen molar-refractivity contribution < 1.29 is 4.79 Å². The van der Waals surface area contributed by atoms with E-state index >= 15 is 0 Å². The van der Waals surface area contributed by atoms with Crippen LogP contribution in [0.5, 0.6) is 0 Å². The molecule has 8 nitrogen and oxygen atoms in total. The lowest BCUT2D eigenvalue weighted by molar-refractivity contribution is -0.105. The smallest absolute Gasteiger partial charge is 0.229 e. The van der Waals surface area contributed by atoms with Crippen LogP contribution < -0.4 is 16.0 Å². The summed E-state index contributed by atoms with van der Waals surface area (Å²) in [6.45, 7) is 3.89. The van der Waals surface area contributed by atoms with Crippen LogP contribution in [0.3, 0.4) is 0 Å². The molecule has 0 saturated carbocycles. The van der Waals surface area contributed by atoms with Crippen molar-refractivity contribution in [3.05, 3.63) is 70.9 Å². The van der Waals surface area contributed by atoms with E-state index in [1.165, 1.54) is 12.3 Å². The molecule has 0 bridgehead atoms. The Bertz CT molecular complexity index is 1200. The van der Waals surface area contributed by atoms with Crippen molar-refractivity contribution in [2.45, 2.75) is 13.8 Å². The van der Waals surface area contributed by atoms with E-state index in [2.05, 4.69) is 32.0 Å². The van der Waals surface area contributed by atoms with Crippen molar-refractivity contribution in [3.8, 4) is 12.1 Å². The number of hydrogen-bond donors (Lipinski definition) is 3. The summed E-state index contributed by atoms with van der Waals surface area (Å²) in [4.78, 5) is 19.8. The third kappa shape index (κ3) is 5.22. The largest absolute Gasteiger partial charge is 0.338 e. The van der Waals surface area contributed by atoms with E-state index < -0.39 is 0 Å². The van der Waals surface area contributed by atoms with Gasteiger partial charge >= 0.3 is 0 Å². The van der Waals surface area contributed by atoms with Crippen LogP contribution in [0, 0.1) is 36.5 Å². The van der Waals surface area contributed by atoms with Gasteiger partial charge in [-0.2, -0.15) is 15.5 Å². The van der Waals surface area contributed by atoms with E-state index in [-0.39, 0.29) is 0 Å². The summed E-state index contributed by atoms with van der Waals surface area (Å²) in [5.41, 5.74) is 5.36. The number of aromatic nitrogens is 2. The second-order valence-corrected chi connectivity index (χ2v) is 6.65. The van der Waals surface area contributed by atoms with Gasteiger partial charge in [0.05, 0.1) is 23.9 Å². The fourth-order valence-corrected chi connectivity index (χ4v) is 3.01. The number of aryl methyl sites for hydroxylation is 2. The van der Waals surface area contributed by atoms with Gasteiger partial charge in [-0.25, -0.2) is 4.98 Å². The fraction of sp³-hybridized carbons (Fsp3) is 0.0870. The monoisotopic (exact) mass is 409 g/mol. The minimum Gasteiger partial charge on any atom is -0.338 e. The number of nitrogens with zero attached hydrogens (tertiary/aromatic N) is 4. The summed E-state index contributed by atoms with van der Waals surface area (Å²) in [6.07, 6.45) is 5.24. The first kappa shape index (κ1) is 21.0. The molecule has 0 aliphatic carbocycles. The zero-order chi connectivity index (χ0) is 22.2. The van der Waals surface area contributed by atoms with Gasteiger partial charge in [-0.3, -0.25) is 4.79 Å². The van der Waals surface area contributed by atoms with Crippen molar-refractivity contribution in [3.63, 3.8) is 0 Å². The highest BCUT2D eigenvalue weighted by Crippen LogP contribution is 2.30. The molecule has 0 spiro atoms. The fourth-order valence-electron chi connectivity index (χ4n) is 3.01. The predicted octanol–water partition coefficient (Wildman–Crippen LogP) is 4.56. The van der Waals surface area contributed by atoms with Gasteiger partial charge in [0.1, 0.15) is 5.69 Å². The highest BCUT2D eigenvalue weighted by atomic mass is 16.1. The van der Waals surface area contributed by atoms with E-state index in [4.69, 9.17) is 10.5 Å². The first-order valence-electron chi connectivity index (χ1n) is 9.33. The lowest BCUT2D eigenvalue weighted by Gasteiger charge is -2.16. The predicted molar refractivity (Wildman–Crippen MR) is 120 cm³/mol. The molecule has 0 radical (unpaired) electrons. The van der Waals surface area contributed by atoms with E-state index in [1.807, 2.05) is 32.0 Å². The van der Waals surface area contributed by atoms with Gasteiger partial charge in [0.25, 0.3) is 0 Å². The molecule has 2 aromatic carbocycles. The Morgan fingerprint density at radius 1 is 1.03 bits per heavy atom. The molecular weight excluding hydrogens is 390 g/mol. The summed E-state index contributed by atoms with van der Waals surface area (Å²) < 4.78 is 0. The summed E-state index contributed by atoms with van der Waals surface area (Å²) in [5, 5.41) is 26.6. The number of benzene rings is 2. The van der Waals surface area contributed by atoms with Crippen LogP contribution in [0.1, 0.15) is 22.3 Å². The topological polar surface area (TPSA) is 127 Å². The molecule has 0 aliphatic rings. The average Bonchev–Trinajstić information content (AvgIpc) is 2.77. The maximum absolute atomic E-state index is 11.0. The first-order valence-corrected chi connectivity index (χ1v) is 9.33. The Morgan fingerprint density at radius 2 is 1.74 bits per heavy atom. The maximum atomic E-state index is 11.0. The SMILES string of the molecule is Cc1cc(/C=C/C#N)cc(C)c1Nc1nc(Nc2ccc(C#N)cc2)ncc1NC=O. The number of nitriles is 2. The van der Waals surface area contributed by atoms with Crippen LogP contribution in [0.25, 0.3) is 6.08 Å². The standard InChI is InChI=1S/C23H19N7O/c1-15-10-18(4-3-9-24)11-16(2)21(15)29-22-20(27-14-31)13-26-23(30-22)28-19-7-5-17(12-25)6-8-19/h3-8,10-11,13-14H,1-2H3,(H,27,31)(H2,26,28,29,30)/b4-3+. The van der Waals surface area contributed by atoms with Gasteiger partial charge in [-0.05, 0) is 73.0 Å². The Kier molecular flexibility index (Phi) is 6.57. The zero-order valence-electron chi connectivity index (χ0n) is 17.0. The molecule has 0 unspecified atom stereocenters. The Labute approximate surface area is 179 Å². The van der Waals surface area contributed by atoms with Crippen molar-refractivity contribution in [1.82, 2.24) is 9.97 Å². The molecule has 1 heterocycles. The van der Waals surface area contributed by atoms with Gasteiger partial charge in [0.2, 0.25) is 12.4 Å². The highest BCUT2D eigenvalue weighted by Gasteiger charge is 2.11. The number of anilines is 5. The van der Waals surface area contributed by atoms with Gasteiger partial charge in [-0.1, -0.05) is 0 Å². The molecule has 1 aromatic heterocycles. The van der Waals surface area contributed by atoms with Gasteiger partial charge < -0.3 is 16.0 Å². The van der Waals surface area contributed by atoms with Crippen LogP contribution in [-0.2, 0) is 4.79 Å². The normalized spacial score (nSPS) is 10.2. The highest BCUT2D eigenvalue weighted by molar-refractivity contribution is 5.82. The number of rotatable bonds is 7. The maximum Gasteiger partial charge on any atom is 0.229 e. The number of carbonyl (C=O) groups is 1. The first-order chi connectivity index (χ1) is 15.0. The summed E-state index contributed by atoms with van der Waals surface area (Å²) in [5.74, 6) is 0.747. The van der Waals surface area contributed by atoms with E-state index in [0.717, 1.165) is 28.1 Å². The molecule has 3 aromatic rings. The van der Waals surface area contributed by atoms with Crippen molar-refractivity contribution >= 4 is 41.3 Å². The van der Waals surface area contributed by atoms with E-state index in [1.54, 1.807) is 30.3 Å². The quantitative estimate of drug-likeness (QED) is 0.386. The van der Waals surface area contributed by atoms with E-state index in [0.29, 0.717) is 29.4 Å². The molecule has 0 aliphatic heterocycles. The van der Waals surface area contributed by atoms with Gasteiger partial charge in [0, 0.05) is 17.5 Å². The lowest BCUT2D eigenvalue weighted by atomic mass is 10.0. The second kappa shape index (κ2) is 9.68. The van der Waals surface area contributed by atoms with Crippen molar-refractivity contribution in [2.75, 3.05) is 16.0 Å². The number of nitrogens with one attached hydrogen (secondary N) is 3. The van der Waals surface area contributed by atoms with Crippen LogP contribution in [0.15, 0.2) is 48.7 Å². The Hall–Kier alpha value is -4.69. The molecule has 3 N–H and O–H groups in total. The second-order valence-electron chi connectivity index (χ2n) is 6.65. The van der Waals surface area contributed by atoms with Crippen LogP contribution >= 0.6 is 0 Å². The number of hydrogen-bond acceptors (Lipinski definition) is 7. The van der Waals surface area contributed by atoms with Crippen molar-refractivity contribution in [1.29, 1.82) is 10.5 Å². The average molecular weight is 409 g/mol. The molecule has 0 saturated heterocycles. The van der Waals surface area contributed by atoms with Crippen LogP contribution in [0.4, 0.5) is 28.8 Å². The zero-order valence-corrected chi connectivity index (χ0v) is 17.0. The van der Waals surface area contributed by atoms with Gasteiger partial charge in [-0.15, -0.1) is 0 Å². The van der Waals surface area contributed by atoms with Crippen LogP contribution in [0.2, 0.25) is 0 Å². The Morgan fingerprint density at radius 3 is 2.35 bits per heavy atom. The lowest BCUT2D eigenvalue weighted by Crippen LogP contribution is -2.07. The number of amides is 1. The minimum atomic E-state index is 0.326. The van der Waals surface area contributed by atoms with Crippen LogP contribution in [-0.4, -0.2) is 16.4 Å². The number of allylic oxidation sites excluding steroid dienone is 1. The minimum absolute atomic E-state index is 0.326. The molecule has 152 valence electrons. The molecule has 8 heteroatoms. The summed E-state index contributed by atoms with van der Waals surface area (Å²) in [6, 6.07) is 14.9. The molecule has 0 fully saturated rings. The van der Waals surface area contributed by atoms with E-state index in [9.17, 15) is 4.79 Å². The van der Waals surface area contributed by atoms with Gasteiger partial charge in [0.15, 0.2) is 5.82 Å². The molecular formula is C23H19N7O. The van der Waals surface area contributed by atoms with Crippen molar-refractivity contribution in [2.24, 2.45) is 0 Å². The Balaban J connectivity index is 1.93. The molecule has 0 atom stereocenters. The third-order valence-corrected chi connectivity index (χ3v) is 4.42.